The molecule has 0 radical (unpaired) electrons. The molecule has 0 aliphatic carbocycles. The van der Waals surface area contributed by atoms with Gasteiger partial charge >= 0.3 is 0 Å². The van der Waals surface area contributed by atoms with Crippen LogP contribution in [-0.2, 0) is 11.2 Å². The average Bonchev–Trinajstić information content (AvgIpc) is 2.66. The first-order valence-electron chi connectivity index (χ1n) is 8.28. The second-order valence-corrected chi connectivity index (χ2v) is 5.90. The third-order valence-corrected chi connectivity index (χ3v) is 3.90. The highest BCUT2D eigenvalue weighted by Crippen LogP contribution is 2.22. The lowest BCUT2D eigenvalue weighted by atomic mass is 10.1. The van der Waals surface area contributed by atoms with Crippen LogP contribution in [-0.4, -0.2) is 13.0 Å². The molecule has 4 nitrogen and oxygen atoms in total. The van der Waals surface area contributed by atoms with Gasteiger partial charge in [-0.05, 0) is 54.1 Å². The first-order valence-corrected chi connectivity index (χ1v) is 8.28. The summed E-state index contributed by atoms with van der Waals surface area (Å²) in [6, 6.07) is 17.4. The van der Waals surface area contributed by atoms with Crippen molar-refractivity contribution in [1.29, 1.82) is 0 Å². The lowest BCUT2D eigenvalue weighted by Gasteiger charge is -2.10. The number of nitrogens with one attached hydrogen (secondary N) is 2. The van der Waals surface area contributed by atoms with Gasteiger partial charge in [0.2, 0.25) is 5.91 Å². The van der Waals surface area contributed by atoms with Crippen molar-refractivity contribution >= 4 is 23.0 Å². The minimum absolute atomic E-state index is 0.148. The molecule has 27 heavy (non-hydrogen) atoms. The summed E-state index contributed by atoms with van der Waals surface area (Å²) in [5.74, 6) is -0.717. The van der Waals surface area contributed by atoms with Crippen LogP contribution >= 0.6 is 0 Å². The van der Waals surface area contributed by atoms with Gasteiger partial charge in [-0.3, -0.25) is 4.79 Å². The molecule has 0 heterocycles. The first-order chi connectivity index (χ1) is 13.0. The fourth-order valence-electron chi connectivity index (χ4n) is 2.52. The minimum atomic E-state index is -0.674. The lowest BCUT2D eigenvalue weighted by molar-refractivity contribution is -0.115. The fourth-order valence-corrected chi connectivity index (χ4v) is 2.52. The van der Waals surface area contributed by atoms with Crippen molar-refractivity contribution in [2.45, 2.75) is 6.42 Å². The van der Waals surface area contributed by atoms with Gasteiger partial charge in [-0.1, -0.05) is 12.1 Å². The van der Waals surface area contributed by atoms with Crippen LogP contribution in [0.5, 0.6) is 5.75 Å². The average molecular weight is 368 g/mol. The van der Waals surface area contributed by atoms with E-state index in [-0.39, 0.29) is 18.0 Å². The highest BCUT2D eigenvalue weighted by atomic mass is 19.1. The molecule has 3 aromatic carbocycles. The van der Waals surface area contributed by atoms with Gasteiger partial charge in [0.15, 0.2) is 0 Å². The predicted molar refractivity (Wildman–Crippen MR) is 101 cm³/mol. The zero-order valence-electron chi connectivity index (χ0n) is 14.6. The van der Waals surface area contributed by atoms with Gasteiger partial charge in [0, 0.05) is 17.4 Å². The summed E-state index contributed by atoms with van der Waals surface area (Å²) in [7, 11) is 1.59. The van der Waals surface area contributed by atoms with Gasteiger partial charge in [-0.2, -0.15) is 0 Å². The molecule has 3 aromatic rings. The molecule has 2 N–H and O–H groups in total. The standard InChI is InChI=1S/C21H18F2N2O2/c1-27-18-9-2-14(3-10-18)12-21(26)25-17-7-5-16(6-8-17)24-20-11-4-15(22)13-19(20)23/h2-11,13,24H,12H2,1H3,(H,25,26). The molecule has 6 heteroatoms. The van der Waals surface area contributed by atoms with Crippen molar-refractivity contribution in [3.8, 4) is 5.75 Å². The van der Waals surface area contributed by atoms with Crippen molar-refractivity contribution < 1.29 is 18.3 Å². The van der Waals surface area contributed by atoms with Crippen molar-refractivity contribution in [1.82, 2.24) is 0 Å². The zero-order chi connectivity index (χ0) is 19.2. The summed E-state index contributed by atoms with van der Waals surface area (Å²) >= 11 is 0. The quantitative estimate of drug-likeness (QED) is 0.651. The maximum Gasteiger partial charge on any atom is 0.228 e. The van der Waals surface area contributed by atoms with E-state index in [1.807, 2.05) is 12.1 Å². The summed E-state index contributed by atoms with van der Waals surface area (Å²) < 4.78 is 31.7. The summed E-state index contributed by atoms with van der Waals surface area (Å²) in [5, 5.41) is 5.67. The molecule has 3 rings (SSSR count). The number of anilines is 3. The minimum Gasteiger partial charge on any atom is -0.497 e. The van der Waals surface area contributed by atoms with Crippen LogP contribution in [0.3, 0.4) is 0 Å². The van der Waals surface area contributed by atoms with Crippen LogP contribution in [0.25, 0.3) is 0 Å². The Bertz CT molecular complexity index is 926. The van der Waals surface area contributed by atoms with E-state index in [2.05, 4.69) is 10.6 Å². The highest BCUT2D eigenvalue weighted by molar-refractivity contribution is 5.92. The number of benzene rings is 3. The number of carbonyl (C=O) groups excluding carboxylic acids is 1. The summed E-state index contributed by atoms with van der Waals surface area (Å²) in [6.07, 6.45) is 0.241. The maximum absolute atomic E-state index is 13.7. The number of ether oxygens (including phenoxy) is 1. The van der Waals surface area contributed by atoms with Gasteiger partial charge in [0.1, 0.15) is 17.4 Å². The summed E-state index contributed by atoms with van der Waals surface area (Å²) in [5.41, 5.74) is 2.29. The molecule has 0 unspecified atom stereocenters. The van der Waals surface area contributed by atoms with Crippen molar-refractivity contribution in [3.05, 3.63) is 83.9 Å². The zero-order valence-corrected chi connectivity index (χ0v) is 14.6. The molecule has 0 saturated carbocycles. The van der Waals surface area contributed by atoms with Crippen LogP contribution in [0.1, 0.15) is 5.56 Å². The van der Waals surface area contributed by atoms with E-state index < -0.39 is 11.6 Å². The van der Waals surface area contributed by atoms with Gasteiger partial charge in [0.05, 0.1) is 19.2 Å². The van der Waals surface area contributed by atoms with Crippen LogP contribution in [0.2, 0.25) is 0 Å². The van der Waals surface area contributed by atoms with Crippen LogP contribution in [0, 0.1) is 11.6 Å². The lowest BCUT2D eigenvalue weighted by Crippen LogP contribution is -2.14. The van der Waals surface area contributed by atoms with E-state index in [4.69, 9.17) is 4.74 Å². The molecular weight excluding hydrogens is 350 g/mol. The second kappa shape index (κ2) is 8.31. The highest BCUT2D eigenvalue weighted by Gasteiger charge is 2.06. The van der Waals surface area contributed by atoms with E-state index in [9.17, 15) is 13.6 Å². The number of methoxy groups -OCH3 is 1. The Morgan fingerprint density at radius 3 is 2.22 bits per heavy atom. The number of halogens is 2. The predicted octanol–water partition coefficient (Wildman–Crippen LogP) is 4.90. The Morgan fingerprint density at radius 2 is 1.59 bits per heavy atom. The largest absolute Gasteiger partial charge is 0.497 e. The monoisotopic (exact) mass is 368 g/mol. The van der Waals surface area contributed by atoms with E-state index in [0.717, 1.165) is 17.4 Å². The molecule has 0 aliphatic rings. The van der Waals surface area contributed by atoms with Crippen molar-refractivity contribution in [2.75, 3.05) is 17.7 Å². The Labute approximate surface area is 155 Å². The number of rotatable bonds is 6. The van der Waals surface area contributed by atoms with Crippen molar-refractivity contribution in [3.63, 3.8) is 0 Å². The van der Waals surface area contributed by atoms with Crippen LogP contribution < -0.4 is 15.4 Å². The Hall–Kier alpha value is -3.41. The number of hydrogen-bond donors (Lipinski definition) is 2. The SMILES string of the molecule is COc1ccc(CC(=O)Nc2ccc(Nc3ccc(F)cc3F)cc2)cc1. The molecule has 0 spiro atoms. The molecule has 0 fully saturated rings. The maximum atomic E-state index is 13.7. The topological polar surface area (TPSA) is 50.4 Å². The van der Waals surface area contributed by atoms with Gasteiger partial charge in [-0.25, -0.2) is 8.78 Å². The molecule has 1 amide bonds. The molecule has 0 aliphatic heterocycles. The van der Waals surface area contributed by atoms with E-state index in [0.29, 0.717) is 11.4 Å². The second-order valence-electron chi connectivity index (χ2n) is 5.90. The third kappa shape index (κ3) is 5.04. The van der Waals surface area contributed by atoms with Crippen molar-refractivity contribution in [2.24, 2.45) is 0 Å². The molecular formula is C21H18F2N2O2. The molecule has 138 valence electrons. The summed E-state index contributed by atoms with van der Waals surface area (Å²) in [6.45, 7) is 0. The smallest absolute Gasteiger partial charge is 0.228 e. The molecule has 0 bridgehead atoms. The third-order valence-electron chi connectivity index (χ3n) is 3.90. The van der Waals surface area contributed by atoms with Gasteiger partial charge in [0.25, 0.3) is 0 Å². The number of amides is 1. The molecule has 0 saturated heterocycles. The molecule has 0 aromatic heterocycles. The molecule has 0 atom stereocenters. The van der Waals surface area contributed by atoms with Gasteiger partial charge in [-0.15, -0.1) is 0 Å². The Morgan fingerprint density at radius 1 is 0.926 bits per heavy atom. The van der Waals surface area contributed by atoms with E-state index in [1.165, 1.54) is 12.1 Å². The first kappa shape index (κ1) is 18.4. The normalized spacial score (nSPS) is 10.3. The Kier molecular flexibility index (Phi) is 5.66. The van der Waals surface area contributed by atoms with Gasteiger partial charge < -0.3 is 15.4 Å². The van der Waals surface area contributed by atoms with E-state index >= 15 is 0 Å². The summed E-state index contributed by atoms with van der Waals surface area (Å²) in [4.78, 5) is 12.1. The Balaban J connectivity index is 1.58. The fraction of sp³-hybridized carbons (Fsp3) is 0.0952. The van der Waals surface area contributed by atoms with Crippen LogP contribution in [0.4, 0.5) is 25.8 Å². The number of hydrogen-bond acceptors (Lipinski definition) is 3. The number of carbonyl (C=O) groups is 1. The van der Waals surface area contributed by atoms with Crippen LogP contribution in [0.15, 0.2) is 66.7 Å². The van der Waals surface area contributed by atoms with E-state index in [1.54, 1.807) is 43.5 Å².